The first-order valence-electron chi connectivity index (χ1n) is 5.28. The van der Waals surface area contributed by atoms with Gasteiger partial charge in [0.2, 0.25) is 5.95 Å². The highest BCUT2D eigenvalue weighted by Gasteiger charge is 2.23. The molecule has 0 atom stereocenters. The number of hydrogen-bond donors (Lipinski definition) is 2. The second kappa shape index (κ2) is 5.10. The van der Waals surface area contributed by atoms with Gasteiger partial charge < -0.3 is 4.98 Å². The molecule has 2 aromatic rings. The normalized spacial score (nSPS) is 11.3. The van der Waals surface area contributed by atoms with Crippen molar-refractivity contribution in [3.63, 3.8) is 0 Å². The summed E-state index contributed by atoms with van der Waals surface area (Å²) in [6.45, 7) is 1.44. The number of H-pyrrole nitrogens is 1. The molecule has 0 unspecified atom stereocenters. The molecule has 1 heterocycles. The lowest BCUT2D eigenvalue weighted by atomic mass is 10.2. The van der Waals surface area contributed by atoms with Gasteiger partial charge in [0.05, 0.1) is 14.8 Å². The number of rotatable bonds is 4. The highest BCUT2D eigenvalue weighted by molar-refractivity contribution is 7.92. The number of aromatic nitrogens is 2. The molecule has 1 aromatic heterocycles. The number of sulfonamides is 1. The van der Waals surface area contributed by atoms with E-state index in [9.17, 15) is 18.5 Å². The number of nitrogens with zero attached hydrogens (tertiary/aromatic N) is 2. The van der Waals surface area contributed by atoms with E-state index in [1.54, 1.807) is 0 Å². The third kappa shape index (κ3) is 2.73. The average Bonchev–Trinajstić information content (AvgIpc) is 2.83. The molecule has 0 radical (unpaired) electrons. The van der Waals surface area contributed by atoms with Crippen LogP contribution < -0.4 is 4.72 Å². The molecule has 0 fully saturated rings. The fourth-order valence-corrected chi connectivity index (χ4v) is 2.80. The standard InChI is InChI=1S/C10H9ClN4O4S/c1-6-8(11)4-7(5-9(6)15(16)17)20(18,19)14-10-12-2-3-13-10/h2-5H,1H3,(H2,12,13,14). The first-order valence-corrected chi connectivity index (χ1v) is 7.14. The molecule has 1 aromatic carbocycles. The molecule has 0 aliphatic carbocycles. The summed E-state index contributed by atoms with van der Waals surface area (Å²) >= 11 is 5.83. The molecule has 0 saturated heterocycles. The summed E-state index contributed by atoms with van der Waals surface area (Å²) in [6, 6.07) is 2.10. The van der Waals surface area contributed by atoms with Crippen molar-refractivity contribution in [2.24, 2.45) is 0 Å². The fraction of sp³-hybridized carbons (Fsp3) is 0.100. The molecule has 8 nitrogen and oxygen atoms in total. The second-order valence-electron chi connectivity index (χ2n) is 3.85. The van der Waals surface area contributed by atoms with Crippen LogP contribution in [0.15, 0.2) is 29.4 Å². The van der Waals surface area contributed by atoms with Crippen LogP contribution in [0.2, 0.25) is 5.02 Å². The van der Waals surface area contributed by atoms with Crippen LogP contribution in [-0.2, 0) is 10.0 Å². The number of imidazole rings is 1. The van der Waals surface area contributed by atoms with Crippen molar-refractivity contribution in [2.45, 2.75) is 11.8 Å². The number of hydrogen-bond acceptors (Lipinski definition) is 5. The van der Waals surface area contributed by atoms with E-state index in [-0.39, 0.29) is 27.1 Å². The zero-order chi connectivity index (χ0) is 14.9. The quantitative estimate of drug-likeness (QED) is 0.661. The van der Waals surface area contributed by atoms with Crippen molar-refractivity contribution in [1.82, 2.24) is 9.97 Å². The van der Waals surface area contributed by atoms with Crippen LogP contribution in [0.4, 0.5) is 11.6 Å². The van der Waals surface area contributed by atoms with Crippen molar-refractivity contribution in [3.8, 4) is 0 Å². The van der Waals surface area contributed by atoms with Crippen LogP contribution in [0, 0.1) is 17.0 Å². The summed E-state index contributed by atoms with van der Waals surface area (Å²) in [7, 11) is -4.01. The molecule has 20 heavy (non-hydrogen) atoms. The maximum absolute atomic E-state index is 12.1. The molecular weight excluding hydrogens is 308 g/mol. The van der Waals surface area contributed by atoms with Gasteiger partial charge >= 0.3 is 0 Å². The molecule has 106 valence electrons. The van der Waals surface area contributed by atoms with Gasteiger partial charge in [0.15, 0.2) is 0 Å². The minimum absolute atomic E-state index is 0.000908. The number of anilines is 1. The maximum Gasteiger partial charge on any atom is 0.275 e. The average molecular weight is 317 g/mol. The van der Waals surface area contributed by atoms with Crippen LogP contribution >= 0.6 is 11.6 Å². The van der Waals surface area contributed by atoms with Gasteiger partial charge in [-0.1, -0.05) is 11.6 Å². The van der Waals surface area contributed by atoms with Crippen LogP contribution in [0.25, 0.3) is 0 Å². The topological polar surface area (TPSA) is 118 Å². The Balaban J connectivity index is 2.49. The van der Waals surface area contributed by atoms with Gasteiger partial charge in [-0.05, 0) is 13.0 Å². The Kier molecular flexibility index (Phi) is 3.64. The molecule has 0 amide bonds. The van der Waals surface area contributed by atoms with E-state index < -0.39 is 14.9 Å². The summed E-state index contributed by atoms with van der Waals surface area (Å²) < 4.78 is 26.3. The van der Waals surface area contributed by atoms with E-state index in [1.807, 2.05) is 0 Å². The van der Waals surface area contributed by atoms with Crippen LogP contribution in [-0.4, -0.2) is 23.3 Å². The summed E-state index contributed by atoms with van der Waals surface area (Å²) in [5.41, 5.74) is -0.161. The molecule has 0 aliphatic rings. The van der Waals surface area contributed by atoms with E-state index in [1.165, 1.54) is 19.3 Å². The monoisotopic (exact) mass is 316 g/mol. The summed E-state index contributed by atoms with van der Waals surface area (Å²) in [5, 5.41) is 10.9. The van der Waals surface area contributed by atoms with Crippen LogP contribution in [0.3, 0.4) is 0 Å². The molecule has 10 heteroatoms. The number of nitrogens with one attached hydrogen (secondary N) is 2. The third-order valence-electron chi connectivity index (χ3n) is 2.53. The molecular formula is C10H9ClN4O4S. The third-order valence-corrected chi connectivity index (χ3v) is 4.24. The summed E-state index contributed by atoms with van der Waals surface area (Å²) in [5.74, 6) is 0.00403. The summed E-state index contributed by atoms with van der Waals surface area (Å²) in [6.07, 6.45) is 2.80. The largest absolute Gasteiger partial charge is 0.330 e. The van der Waals surface area contributed by atoms with E-state index >= 15 is 0 Å². The molecule has 0 saturated carbocycles. The minimum Gasteiger partial charge on any atom is -0.330 e. The van der Waals surface area contributed by atoms with E-state index in [2.05, 4.69) is 14.7 Å². The Morgan fingerprint density at radius 3 is 2.70 bits per heavy atom. The second-order valence-corrected chi connectivity index (χ2v) is 5.94. The Morgan fingerprint density at radius 1 is 1.45 bits per heavy atom. The lowest BCUT2D eigenvalue weighted by molar-refractivity contribution is -0.385. The first kappa shape index (κ1) is 14.3. The number of aromatic amines is 1. The SMILES string of the molecule is Cc1c(Cl)cc(S(=O)(=O)Nc2ncc[nH]2)cc1[N+](=O)[O-]. The number of benzene rings is 1. The number of nitro groups is 1. The van der Waals surface area contributed by atoms with Gasteiger partial charge in [-0.25, -0.2) is 18.1 Å². The lowest BCUT2D eigenvalue weighted by Gasteiger charge is -2.07. The van der Waals surface area contributed by atoms with Gasteiger partial charge in [-0.2, -0.15) is 0 Å². The summed E-state index contributed by atoms with van der Waals surface area (Å²) in [4.78, 5) is 16.2. The van der Waals surface area contributed by atoms with Crippen molar-refractivity contribution in [2.75, 3.05) is 4.72 Å². The minimum atomic E-state index is -4.01. The smallest absolute Gasteiger partial charge is 0.275 e. The maximum atomic E-state index is 12.1. The predicted molar refractivity (Wildman–Crippen MR) is 72.2 cm³/mol. The Labute approximate surface area is 119 Å². The zero-order valence-electron chi connectivity index (χ0n) is 10.1. The van der Waals surface area contributed by atoms with E-state index in [0.717, 1.165) is 12.1 Å². The van der Waals surface area contributed by atoms with Gasteiger partial charge in [0, 0.05) is 24.0 Å². The Morgan fingerprint density at radius 2 is 2.15 bits per heavy atom. The van der Waals surface area contributed by atoms with Crippen LogP contribution in [0.1, 0.15) is 5.56 Å². The number of nitro benzene ring substituents is 1. The zero-order valence-corrected chi connectivity index (χ0v) is 11.7. The molecule has 0 spiro atoms. The van der Waals surface area contributed by atoms with Gasteiger partial charge in [-0.3, -0.25) is 10.1 Å². The Bertz CT molecular complexity index is 758. The molecule has 0 aliphatic heterocycles. The van der Waals surface area contributed by atoms with Crippen molar-refractivity contribution in [3.05, 3.63) is 45.2 Å². The lowest BCUT2D eigenvalue weighted by Crippen LogP contribution is -2.14. The van der Waals surface area contributed by atoms with Crippen LogP contribution in [0.5, 0.6) is 0 Å². The van der Waals surface area contributed by atoms with E-state index in [4.69, 9.17) is 11.6 Å². The molecule has 2 N–H and O–H groups in total. The van der Waals surface area contributed by atoms with Crippen molar-refractivity contribution < 1.29 is 13.3 Å². The number of halogens is 1. The Hall–Kier alpha value is -2.13. The van der Waals surface area contributed by atoms with Gasteiger partial charge in [0.25, 0.3) is 15.7 Å². The highest BCUT2D eigenvalue weighted by atomic mass is 35.5. The fourth-order valence-electron chi connectivity index (χ4n) is 1.49. The van der Waals surface area contributed by atoms with Crippen molar-refractivity contribution >= 4 is 33.3 Å². The predicted octanol–water partition coefficient (Wildman–Crippen LogP) is 2.08. The van der Waals surface area contributed by atoms with Crippen molar-refractivity contribution in [1.29, 1.82) is 0 Å². The highest BCUT2D eigenvalue weighted by Crippen LogP contribution is 2.30. The van der Waals surface area contributed by atoms with Gasteiger partial charge in [0.1, 0.15) is 0 Å². The van der Waals surface area contributed by atoms with Gasteiger partial charge in [-0.15, -0.1) is 0 Å². The first-order chi connectivity index (χ1) is 9.31. The molecule has 0 bridgehead atoms. The molecule has 2 rings (SSSR count). The van der Waals surface area contributed by atoms with E-state index in [0.29, 0.717) is 0 Å².